The topological polar surface area (TPSA) is 25.8 Å². The molecule has 1 aliphatic heterocycles. The van der Waals surface area contributed by atoms with Crippen LogP contribution in [0, 0.1) is 6.92 Å². The minimum Gasteiger partial charge on any atom is -0.220 e. The van der Waals surface area contributed by atoms with E-state index in [1.165, 1.54) is 5.75 Å². The molecular weight excluding hydrogens is 295 g/mol. The number of nitrogens with zero attached hydrogens (tertiary/aromatic N) is 2. The van der Waals surface area contributed by atoms with Crippen molar-refractivity contribution in [1.29, 1.82) is 0 Å². The summed E-state index contributed by atoms with van der Waals surface area (Å²) in [5, 5.41) is 1.83. The van der Waals surface area contributed by atoms with E-state index in [1.54, 1.807) is 0 Å². The highest BCUT2D eigenvalue weighted by molar-refractivity contribution is 8.06. The Balaban J connectivity index is 2.32. The van der Waals surface area contributed by atoms with Crippen molar-refractivity contribution >= 4 is 46.7 Å². The van der Waals surface area contributed by atoms with Gasteiger partial charge in [-0.1, -0.05) is 30.1 Å². The van der Waals surface area contributed by atoms with Crippen molar-refractivity contribution in [1.82, 2.24) is 9.97 Å². The summed E-state index contributed by atoms with van der Waals surface area (Å²) in [7, 11) is 0. The van der Waals surface area contributed by atoms with Gasteiger partial charge < -0.3 is 0 Å². The molecule has 1 aromatic heterocycles. The predicted octanol–water partition coefficient (Wildman–Crippen LogP) is 4.39. The van der Waals surface area contributed by atoms with E-state index in [1.807, 2.05) is 30.4 Å². The molecule has 0 saturated carbocycles. The zero-order valence-corrected chi connectivity index (χ0v) is 12.9. The van der Waals surface area contributed by atoms with Crippen LogP contribution < -0.4 is 0 Å². The number of thioether (sulfide) groups is 2. The largest absolute Gasteiger partial charge is 0.220 e. The summed E-state index contributed by atoms with van der Waals surface area (Å²) in [6.45, 7) is 4.04. The normalized spacial score (nSPS) is 24.9. The lowest BCUT2D eigenvalue weighted by Gasteiger charge is -2.28. The smallest absolute Gasteiger partial charge is 0.145 e. The number of halogens is 2. The lowest BCUT2D eigenvalue weighted by molar-refractivity contribution is 0.748. The van der Waals surface area contributed by atoms with Gasteiger partial charge in [-0.05, 0) is 13.3 Å². The third-order valence-electron chi connectivity index (χ3n) is 2.75. The summed E-state index contributed by atoms with van der Waals surface area (Å²) in [4.78, 5) is 8.78. The monoisotopic (exact) mass is 308 g/mol. The quantitative estimate of drug-likeness (QED) is 0.757. The second-order valence-corrected chi connectivity index (χ2v) is 7.21. The predicted molar refractivity (Wildman–Crippen MR) is 78.5 cm³/mol. The van der Waals surface area contributed by atoms with E-state index in [-0.39, 0.29) is 0 Å². The molecule has 0 N–H and O–H groups in total. The van der Waals surface area contributed by atoms with E-state index in [4.69, 9.17) is 23.2 Å². The molecule has 1 fully saturated rings. The molecule has 0 bridgehead atoms. The van der Waals surface area contributed by atoms with Crippen LogP contribution in [-0.2, 0) is 0 Å². The van der Waals surface area contributed by atoms with Crippen molar-refractivity contribution in [2.45, 2.75) is 30.8 Å². The second kappa shape index (κ2) is 6.00. The Labute approximate surface area is 120 Å². The van der Waals surface area contributed by atoms with Crippen LogP contribution in [0.4, 0.5) is 0 Å². The number of hydrogen-bond acceptors (Lipinski definition) is 4. The Morgan fingerprint density at radius 1 is 1.18 bits per heavy atom. The summed E-state index contributed by atoms with van der Waals surface area (Å²) in [6.07, 6.45) is 1.12. The van der Waals surface area contributed by atoms with Crippen LogP contribution in [0.5, 0.6) is 0 Å². The first-order valence-corrected chi connectivity index (χ1v) is 8.41. The van der Waals surface area contributed by atoms with Crippen LogP contribution in [0.2, 0.25) is 10.3 Å². The molecule has 2 unspecified atom stereocenters. The van der Waals surface area contributed by atoms with Crippen LogP contribution in [0.1, 0.15) is 30.0 Å². The highest BCUT2D eigenvalue weighted by Gasteiger charge is 2.29. The molecule has 0 radical (unpaired) electrons. The first-order chi connectivity index (χ1) is 8.13. The van der Waals surface area contributed by atoms with Gasteiger partial charge in [0.2, 0.25) is 0 Å². The van der Waals surface area contributed by atoms with Gasteiger partial charge in [-0.2, -0.15) is 11.8 Å². The van der Waals surface area contributed by atoms with E-state index in [0.717, 1.165) is 23.6 Å². The summed E-state index contributed by atoms with van der Waals surface area (Å²) < 4.78 is 0. The van der Waals surface area contributed by atoms with Crippen LogP contribution in [0.15, 0.2) is 0 Å². The van der Waals surface area contributed by atoms with E-state index in [9.17, 15) is 0 Å². The Kier molecular flexibility index (Phi) is 4.87. The first-order valence-electron chi connectivity index (χ1n) is 5.56. The van der Waals surface area contributed by atoms with Gasteiger partial charge in [-0.25, -0.2) is 9.97 Å². The van der Waals surface area contributed by atoms with Crippen LogP contribution >= 0.6 is 46.7 Å². The maximum atomic E-state index is 6.08. The highest BCUT2D eigenvalue weighted by atomic mass is 35.5. The van der Waals surface area contributed by atoms with Gasteiger partial charge in [-0.15, -0.1) is 11.8 Å². The van der Waals surface area contributed by atoms with Crippen molar-refractivity contribution in [2.24, 2.45) is 0 Å². The fourth-order valence-electron chi connectivity index (χ4n) is 1.75. The molecule has 2 nitrogen and oxygen atoms in total. The molecule has 1 aliphatic rings. The average molecular weight is 309 g/mol. The van der Waals surface area contributed by atoms with Gasteiger partial charge in [0.1, 0.15) is 16.1 Å². The molecule has 0 aromatic carbocycles. The zero-order chi connectivity index (χ0) is 12.4. The van der Waals surface area contributed by atoms with E-state index >= 15 is 0 Å². The summed E-state index contributed by atoms with van der Waals surface area (Å²) in [5.74, 6) is 3.13. The standard InChI is InChI=1S/C11H14Cl2N2S2/c1-3-7-8(17-5-4-16-7)11-14-9(12)6(2)10(13)15-11/h7-8H,3-5H2,1-2H3. The first kappa shape index (κ1) is 13.8. The Morgan fingerprint density at radius 2 is 1.76 bits per heavy atom. The molecule has 2 heterocycles. The highest BCUT2D eigenvalue weighted by Crippen LogP contribution is 2.43. The zero-order valence-electron chi connectivity index (χ0n) is 9.74. The van der Waals surface area contributed by atoms with Crippen molar-refractivity contribution in [3.8, 4) is 0 Å². The lowest BCUT2D eigenvalue weighted by atomic mass is 10.2. The van der Waals surface area contributed by atoms with Crippen LogP contribution in [0.25, 0.3) is 0 Å². The summed E-state index contributed by atoms with van der Waals surface area (Å²) >= 11 is 16.1. The minimum atomic E-state index is 0.314. The fraction of sp³-hybridized carbons (Fsp3) is 0.636. The van der Waals surface area contributed by atoms with Gasteiger partial charge in [-0.3, -0.25) is 0 Å². The summed E-state index contributed by atoms with van der Waals surface area (Å²) in [5.41, 5.74) is 0.763. The van der Waals surface area contributed by atoms with Gasteiger partial charge in [0.25, 0.3) is 0 Å². The maximum Gasteiger partial charge on any atom is 0.145 e. The molecule has 1 saturated heterocycles. The third-order valence-corrected chi connectivity index (χ3v) is 6.73. The molecule has 94 valence electrons. The Bertz CT molecular complexity index is 391. The molecule has 1 aromatic rings. The maximum absolute atomic E-state index is 6.08. The molecule has 0 aliphatic carbocycles. The van der Waals surface area contributed by atoms with Crippen LogP contribution in [-0.4, -0.2) is 26.7 Å². The molecule has 2 atom stereocenters. The van der Waals surface area contributed by atoms with Crippen LogP contribution in [0.3, 0.4) is 0 Å². The molecule has 0 spiro atoms. The number of rotatable bonds is 2. The fourth-order valence-corrected chi connectivity index (χ4v) is 5.14. The Morgan fingerprint density at radius 3 is 2.35 bits per heavy atom. The lowest BCUT2D eigenvalue weighted by Crippen LogP contribution is -2.20. The van der Waals surface area contributed by atoms with Gasteiger partial charge in [0.15, 0.2) is 0 Å². The van der Waals surface area contributed by atoms with E-state index in [2.05, 4.69) is 16.9 Å². The van der Waals surface area contributed by atoms with Gasteiger partial charge in [0.05, 0.1) is 5.25 Å². The van der Waals surface area contributed by atoms with Gasteiger partial charge in [0, 0.05) is 22.3 Å². The molecule has 6 heteroatoms. The van der Waals surface area contributed by atoms with E-state index in [0.29, 0.717) is 20.8 Å². The molecule has 2 rings (SSSR count). The van der Waals surface area contributed by atoms with E-state index < -0.39 is 0 Å². The molecule has 17 heavy (non-hydrogen) atoms. The summed E-state index contributed by atoms with van der Waals surface area (Å²) in [6, 6.07) is 0. The van der Waals surface area contributed by atoms with Crippen molar-refractivity contribution in [3.05, 3.63) is 21.7 Å². The average Bonchev–Trinajstić information content (AvgIpc) is 2.35. The SMILES string of the molecule is CCC1SCCSC1c1nc(Cl)c(C)c(Cl)n1. The minimum absolute atomic E-state index is 0.314. The van der Waals surface area contributed by atoms with Crippen molar-refractivity contribution < 1.29 is 0 Å². The number of aromatic nitrogens is 2. The number of hydrogen-bond donors (Lipinski definition) is 0. The van der Waals surface area contributed by atoms with Crippen molar-refractivity contribution in [2.75, 3.05) is 11.5 Å². The van der Waals surface area contributed by atoms with Crippen molar-refractivity contribution in [3.63, 3.8) is 0 Å². The third kappa shape index (κ3) is 3.03. The molecule has 0 amide bonds. The second-order valence-electron chi connectivity index (χ2n) is 3.90. The Hall–Kier alpha value is 0.360. The molecular formula is C11H14Cl2N2S2. The van der Waals surface area contributed by atoms with Gasteiger partial charge >= 0.3 is 0 Å².